The van der Waals surface area contributed by atoms with Crippen LogP contribution >= 0.6 is 0 Å². The average molecular weight is 191 g/mol. The highest BCUT2D eigenvalue weighted by Gasteiger charge is 2.22. The van der Waals surface area contributed by atoms with Crippen molar-refractivity contribution in [1.82, 2.24) is 4.98 Å². The van der Waals surface area contributed by atoms with E-state index in [9.17, 15) is 0 Å². The van der Waals surface area contributed by atoms with Crippen LogP contribution in [-0.2, 0) is 6.61 Å². The van der Waals surface area contributed by atoms with Crippen molar-refractivity contribution in [2.45, 2.75) is 45.1 Å². The number of pyridine rings is 1. The highest BCUT2D eigenvalue weighted by molar-refractivity contribution is 5.32. The highest BCUT2D eigenvalue weighted by atomic mass is 16.3. The second-order valence-electron chi connectivity index (χ2n) is 4.36. The molecule has 2 unspecified atom stereocenters. The molecule has 0 aliphatic heterocycles. The maximum atomic E-state index is 9.05. The normalized spacial score (nSPS) is 25.9. The molecule has 0 bridgehead atoms. The lowest BCUT2D eigenvalue weighted by Gasteiger charge is -2.26. The summed E-state index contributed by atoms with van der Waals surface area (Å²) in [5.74, 6) is 1.18. The van der Waals surface area contributed by atoms with Gasteiger partial charge in [0.1, 0.15) is 0 Å². The summed E-state index contributed by atoms with van der Waals surface area (Å²) >= 11 is 0. The third-order valence-corrected chi connectivity index (χ3v) is 3.22. The van der Waals surface area contributed by atoms with Crippen LogP contribution in [0.3, 0.4) is 0 Å². The molecule has 0 radical (unpaired) electrons. The van der Waals surface area contributed by atoms with Gasteiger partial charge in [-0.05, 0) is 41.9 Å². The van der Waals surface area contributed by atoms with Gasteiger partial charge in [0.15, 0.2) is 0 Å². The van der Waals surface area contributed by atoms with Crippen LogP contribution in [0.1, 0.15) is 55.3 Å². The summed E-state index contributed by atoms with van der Waals surface area (Å²) in [6.07, 6.45) is 4.28. The van der Waals surface area contributed by atoms with Crippen molar-refractivity contribution in [3.05, 3.63) is 29.1 Å². The molecule has 1 N–H and O–H groups in total. The van der Waals surface area contributed by atoms with Gasteiger partial charge in [0.05, 0.1) is 6.61 Å². The first-order valence-electron chi connectivity index (χ1n) is 5.32. The Balaban J connectivity index is 2.45. The van der Waals surface area contributed by atoms with E-state index in [1.165, 1.54) is 24.1 Å². The Hall–Kier alpha value is -0.890. The Kier molecular flexibility index (Phi) is 2.55. The number of nitrogens with zero attached hydrogens (tertiary/aromatic N) is 1. The molecule has 1 aliphatic rings. The largest absolute Gasteiger partial charge is 0.392 e. The van der Waals surface area contributed by atoms with Crippen molar-refractivity contribution >= 4 is 0 Å². The molecule has 76 valence electrons. The lowest BCUT2D eigenvalue weighted by Crippen LogP contribution is -2.13. The van der Waals surface area contributed by atoms with Crippen LogP contribution in [0.15, 0.2) is 12.3 Å². The lowest BCUT2D eigenvalue weighted by molar-refractivity contribution is 0.281. The zero-order valence-corrected chi connectivity index (χ0v) is 8.83. The Morgan fingerprint density at radius 1 is 1.36 bits per heavy atom. The van der Waals surface area contributed by atoms with Crippen LogP contribution in [0.4, 0.5) is 0 Å². The van der Waals surface area contributed by atoms with E-state index in [2.05, 4.69) is 24.9 Å². The molecule has 14 heavy (non-hydrogen) atoms. The van der Waals surface area contributed by atoms with E-state index in [0.29, 0.717) is 11.8 Å². The highest BCUT2D eigenvalue weighted by Crippen LogP contribution is 2.37. The van der Waals surface area contributed by atoms with E-state index in [0.717, 1.165) is 5.56 Å². The first-order chi connectivity index (χ1) is 6.72. The third-order valence-electron chi connectivity index (χ3n) is 3.22. The molecule has 2 heteroatoms. The summed E-state index contributed by atoms with van der Waals surface area (Å²) in [5.41, 5.74) is 3.51. The topological polar surface area (TPSA) is 33.1 Å². The van der Waals surface area contributed by atoms with Crippen molar-refractivity contribution in [3.63, 3.8) is 0 Å². The maximum absolute atomic E-state index is 9.05. The smallest absolute Gasteiger partial charge is 0.0696 e. The van der Waals surface area contributed by atoms with Gasteiger partial charge in [-0.1, -0.05) is 13.8 Å². The molecule has 1 aromatic heterocycles. The molecule has 0 saturated heterocycles. The molecule has 2 nitrogen and oxygen atoms in total. The summed E-state index contributed by atoms with van der Waals surface area (Å²) in [7, 11) is 0. The van der Waals surface area contributed by atoms with Crippen molar-refractivity contribution in [1.29, 1.82) is 0 Å². The second kappa shape index (κ2) is 3.70. The Morgan fingerprint density at radius 2 is 2.07 bits per heavy atom. The number of hydrogen-bond donors (Lipinski definition) is 1. The van der Waals surface area contributed by atoms with E-state index in [4.69, 9.17) is 5.11 Å². The lowest BCUT2D eigenvalue weighted by atomic mass is 9.81. The van der Waals surface area contributed by atoms with Gasteiger partial charge in [0.2, 0.25) is 0 Å². The van der Waals surface area contributed by atoms with E-state index in [1.807, 2.05) is 0 Å². The molecule has 0 aromatic carbocycles. The SMILES string of the molecule is CC1CCC(C)c2ncc(CO)cc21. The van der Waals surface area contributed by atoms with Crippen molar-refractivity contribution in [2.75, 3.05) is 0 Å². The van der Waals surface area contributed by atoms with Gasteiger partial charge < -0.3 is 5.11 Å². The second-order valence-corrected chi connectivity index (χ2v) is 4.36. The molecule has 0 fully saturated rings. The molecule has 1 aromatic rings. The minimum Gasteiger partial charge on any atom is -0.392 e. The van der Waals surface area contributed by atoms with Crippen LogP contribution in [0.5, 0.6) is 0 Å². The Bertz CT molecular complexity index is 335. The van der Waals surface area contributed by atoms with Crippen molar-refractivity contribution in [3.8, 4) is 0 Å². The quantitative estimate of drug-likeness (QED) is 0.740. The van der Waals surface area contributed by atoms with Crippen molar-refractivity contribution in [2.24, 2.45) is 0 Å². The van der Waals surface area contributed by atoms with Gasteiger partial charge in [-0.3, -0.25) is 4.98 Å². The zero-order valence-electron chi connectivity index (χ0n) is 8.83. The Morgan fingerprint density at radius 3 is 2.79 bits per heavy atom. The molecule has 1 aliphatic carbocycles. The molecular formula is C12H17NO. The van der Waals surface area contributed by atoms with Crippen LogP contribution < -0.4 is 0 Å². The van der Waals surface area contributed by atoms with Crippen LogP contribution in [-0.4, -0.2) is 10.1 Å². The maximum Gasteiger partial charge on any atom is 0.0696 e. The fourth-order valence-electron chi connectivity index (χ4n) is 2.22. The average Bonchev–Trinajstić information content (AvgIpc) is 2.23. The number of aliphatic hydroxyl groups is 1. The number of rotatable bonds is 1. The monoisotopic (exact) mass is 191 g/mol. The summed E-state index contributed by atoms with van der Waals surface area (Å²) in [6.45, 7) is 4.57. The molecule has 0 spiro atoms. The fraction of sp³-hybridized carbons (Fsp3) is 0.583. The predicted octanol–water partition coefficient (Wildman–Crippen LogP) is 2.57. The Labute approximate surface area is 85.0 Å². The molecular weight excluding hydrogens is 174 g/mol. The third kappa shape index (κ3) is 1.55. The molecule has 1 heterocycles. The van der Waals surface area contributed by atoms with Gasteiger partial charge in [-0.15, -0.1) is 0 Å². The molecule has 2 rings (SSSR count). The predicted molar refractivity (Wildman–Crippen MR) is 56.2 cm³/mol. The van der Waals surface area contributed by atoms with Crippen LogP contribution in [0.25, 0.3) is 0 Å². The standard InChI is InChI=1S/C12H17NO/c1-8-3-4-9(2)12-11(8)5-10(7-14)6-13-12/h5-6,8-9,14H,3-4,7H2,1-2H3. The van der Waals surface area contributed by atoms with Gasteiger partial charge in [-0.2, -0.15) is 0 Å². The van der Waals surface area contributed by atoms with Gasteiger partial charge in [-0.25, -0.2) is 0 Å². The fourth-order valence-corrected chi connectivity index (χ4v) is 2.22. The summed E-state index contributed by atoms with van der Waals surface area (Å²) in [4.78, 5) is 4.46. The van der Waals surface area contributed by atoms with Gasteiger partial charge in [0.25, 0.3) is 0 Å². The number of aromatic nitrogens is 1. The summed E-state index contributed by atoms with van der Waals surface area (Å²) < 4.78 is 0. The first-order valence-corrected chi connectivity index (χ1v) is 5.32. The van der Waals surface area contributed by atoms with E-state index in [-0.39, 0.29) is 6.61 Å². The molecule has 0 amide bonds. The van der Waals surface area contributed by atoms with Gasteiger partial charge >= 0.3 is 0 Å². The van der Waals surface area contributed by atoms with E-state index < -0.39 is 0 Å². The van der Waals surface area contributed by atoms with Crippen molar-refractivity contribution < 1.29 is 5.11 Å². The van der Waals surface area contributed by atoms with Crippen LogP contribution in [0, 0.1) is 0 Å². The van der Waals surface area contributed by atoms with Gasteiger partial charge in [0, 0.05) is 11.9 Å². The minimum absolute atomic E-state index is 0.0986. The van der Waals surface area contributed by atoms with E-state index in [1.54, 1.807) is 6.20 Å². The molecule has 0 saturated carbocycles. The molecule has 2 atom stereocenters. The zero-order chi connectivity index (χ0) is 10.1. The number of fused-ring (bicyclic) bond motifs is 1. The summed E-state index contributed by atoms with van der Waals surface area (Å²) in [6, 6.07) is 2.11. The number of aliphatic hydroxyl groups excluding tert-OH is 1. The minimum atomic E-state index is 0.0986. The van der Waals surface area contributed by atoms with Crippen LogP contribution in [0.2, 0.25) is 0 Å². The number of hydrogen-bond acceptors (Lipinski definition) is 2. The summed E-state index contributed by atoms with van der Waals surface area (Å²) in [5, 5.41) is 9.05. The first kappa shape index (κ1) is 9.66. The van der Waals surface area contributed by atoms with E-state index >= 15 is 0 Å².